The van der Waals surface area contributed by atoms with Gasteiger partial charge in [0.15, 0.2) is 5.78 Å². The predicted octanol–water partition coefficient (Wildman–Crippen LogP) is 5.90. The van der Waals surface area contributed by atoms with Gasteiger partial charge in [0.25, 0.3) is 5.91 Å². The molecule has 3 aromatic carbocycles. The van der Waals surface area contributed by atoms with Crippen molar-refractivity contribution in [3.8, 4) is 5.75 Å². The number of carbonyl (C=O) groups excluding carboxylic acids is 3. The fourth-order valence-corrected chi connectivity index (χ4v) is 5.95. The molecular weight excluding hydrogens is 580 g/mol. The first-order valence-corrected chi connectivity index (χ1v) is 15.7. The maximum absolute atomic E-state index is 13.4. The number of nitrogens with zero attached hydrogens (tertiary/aromatic N) is 4. The Balaban J connectivity index is 1.06. The first-order valence-electron chi connectivity index (χ1n) is 15.7. The van der Waals surface area contributed by atoms with Gasteiger partial charge in [0.2, 0.25) is 5.91 Å². The molecule has 1 atom stereocenters. The van der Waals surface area contributed by atoms with Gasteiger partial charge in [-0.2, -0.15) is 5.10 Å². The van der Waals surface area contributed by atoms with E-state index in [9.17, 15) is 14.4 Å². The summed E-state index contributed by atoms with van der Waals surface area (Å²) in [6.07, 6.45) is 6.57. The van der Waals surface area contributed by atoms with E-state index in [0.29, 0.717) is 34.8 Å². The number of amides is 2. The van der Waals surface area contributed by atoms with Crippen molar-refractivity contribution < 1.29 is 19.1 Å². The molecule has 1 aromatic heterocycles. The Labute approximate surface area is 268 Å². The summed E-state index contributed by atoms with van der Waals surface area (Å²) in [6.45, 7) is 5.95. The zero-order valence-corrected chi connectivity index (χ0v) is 26.2. The number of aliphatic imine (C=N–C) groups is 1. The van der Waals surface area contributed by atoms with E-state index in [1.165, 1.54) is 37.0 Å². The van der Waals surface area contributed by atoms with Gasteiger partial charge in [0.1, 0.15) is 17.4 Å². The standard InChI is InChI=1S/C36H38N6O4/c1-24-20-33(41(2)40-24)36(45)38-28-9-6-8-25(21-28)34(43)26-10-15-30-31(35(44)39-32(30)22-26)23-37-27-11-13-29(14-12-27)46-19-7-18-42-16-4-3-5-17-42/h6,8-15,20-23,31H,3-5,7,16-19H2,1-2H3,(H,38,45)(H,39,44). The Morgan fingerprint density at radius 3 is 2.57 bits per heavy atom. The number of aromatic nitrogens is 2. The number of anilines is 2. The number of fused-ring (bicyclic) bond motifs is 1. The number of hydrogen-bond donors (Lipinski definition) is 2. The summed E-state index contributed by atoms with van der Waals surface area (Å²) in [6, 6.07) is 21.2. The predicted molar refractivity (Wildman–Crippen MR) is 179 cm³/mol. The maximum Gasteiger partial charge on any atom is 0.273 e. The summed E-state index contributed by atoms with van der Waals surface area (Å²) in [5, 5.41) is 9.93. The molecule has 3 heterocycles. The van der Waals surface area contributed by atoms with Gasteiger partial charge >= 0.3 is 0 Å². The van der Waals surface area contributed by atoms with Gasteiger partial charge in [-0.25, -0.2) is 0 Å². The van der Waals surface area contributed by atoms with Crippen LogP contribution >= 0.6 is 0 Å². The van der Waals surface area contributed by atoms with Gasteiger partial charge in [-0.15, -0.1) is 0 Å². The number of likely N-dealkylation sites (tertiary alicyclic amines) is 1. The Bertz CT molecular complexity index is 1770. The third-order valence-electron chi connectivity index (χ3n) is 8.35. The van der Waals surface area contributed by atoms with Crippen molar-refractivity contribution in [1.29, 1.82) is 0 Å². The normalized spacial score (nSPS) is 16.3. The number of nitrogens with one attached hydrogen (secondary N) is 2. The molecule has 0 aliphatic carbocycles. The lowest BCUT2D eigenvalue weighted by Gasteiger charge is -2.26. The molecule has 1 fully saturated rings. The highest BCUT2D eigenvalue weighted by Crippen LogP contribution is 2.33. The summed E-state index contributed by atoms with van der Waals surface area (Å²) >= 11 is 0. The van der Waals surface area contributed by atoms with Crippen molar-refractivity contribution in [3.63, 3.8) is 0 Å². The fourth-order valence-electron chi connectivity index (χ4n) is 5.95. The molecule has 2 N–H and O–H groups in total. The van der Waals surface area contributed by atoms with E-state index in [1.807, 2.05) is 31.2 Å². The van der Waals surface area contributed by atoms with Crippen molar-refractivity contribution in [2.75, 3.05) is 36.9 Å². The molecular formula is C36H38N6O4. The minimum atomic E-state index is -0.570. The highest BCUT2D eigenvalue weighted by molar-refractivity contribution is 6.15. The van der Waals surface area contributed by atoms with Crippen molar-refractivity contribution in [3.05, 3.63) is 101 Å². The second kappa shape index (κ2) is 13.9. The van der Waals surface area contributed by atoms with Crippen LogP contribution in [0.4, 0.5) is 17.1 Å². The Morgan fingerprint density at radius 1 is 1.02 bits per heavy atom. The van der Waals surface area contributed by atoms with Gasteiger partial charge in [-0.3, -0.25) is 24.1 Å². The summed E-state index contributed by atoms with van der Waals surface area (Å²) in [5.41, 5.74) is 4.54. The Kier molecular flexibility index (Phi) is 9.35. The van der Waals surface area contributed by atoms with E-state index in [1.54, 1.807) is 61.8 Å². The van der Waals surface area contributed by atoms with Crippen molar-refractivity contribution >= 4 is 40.9 Å². The monoisotopic (exact) mass is 618 g/mol. The lowest BCUT2D eigenvalue weighted by Crippen LogP contribution is -2.31. The lowest BCUT2D eigenvalue weighted by molar-refractivity contribution is -0.115. The van der Waals surface area contributed by atoms with E-state index in [4.69, 9.17) is 4.74 Å². The number of piperidine rings is 1. The molecule has 0 saturated carbocycles. The molecule has 0 radical (unpaired) electrons. The molecule has 10 nitrogen and oxygen atoms in total. The van der Waals surface area contributed by atoms with E-state index >= 15 is 0 Å². The van der Waals surface area contributed by atoms with E-state index in [-0.39, 0.29) is 17.6 Å². The summed E-state index contributed by atoms with van der Waals surface area (Å²) in [4.78, 5) is 46.0. The molecule has 0 bridgehead atoms. The number of rotatable bonds is 11. The smallest absolute Gasteiger partial charge is 0.273 e. The van der Waals surface area contributed by atoms with Gasteiger partial charge in [-0.05, 0) is 93.4 Å². The SMILES string of the molecule is Cc1cc(C(=O)Nc2cccc(C(=O)c3ccc4c(c3)NC(=O)C4C=Nc3ccc(OCCCN4CCCCC4)cc3)c2)n(C)n1. The number of aryl methyl sites for hydroxylation is 2. The van der Waals surface area contributed by atoms with Gasteiger partial charge < -0.3 is 20.3 Å². The van der Waals surface area contributed by atoms with Crippen LogP contribution in [0.3, 0.4) is 0 Å². The van der Waals surface area contributed by atoms with Gasteiger partial charge in [-0.1, -0.05) is 30.7 Å². The number of hydrogen-bond acceptors (Lipinski definition) is 7. The average Bonchev–Trinajstić information content (AvgIpc) is 3.58. The number of ether oxygens (including phenoxy) is 1. The zero-order chi connectivity index (χ0) is 32.0. The van der Waals surface area contributed by atoms with Crippen molar-refractivity contribution in [1.82, 2.24) is 14.7 Å². The van der Waals surface area contributed by atoms with Crippen LogP contribution in [0.25, 0.3) is 0 Å². The molecule has 46 heavy (non-hydrogen) atoms. The third kappa shape index (κ3) is 7.24. The van der Waals surface area contributed by atoms with Gasteiger partial charge in [0, 0.05) is 42.3 Å². The first-order chi connectivity index (χ1) is 22.3. The third-order valence-corrected chi connectivity index (χ3v) is 8.35. The van der Waals surface area contributed by atoms with Crippen LogP contribution in [0.15, 0.2) is 77.8 Å². The van der Waals surface area contributed by atoms with E-state index < -0.39 is 5.92 Å². The van der Waals surface area contributed by atoms with Crippen molar-refractivity contribution in [2.24, 2.45) is 12.0 Å². The highest BCUT2D eigenvalue weighted by Gasteiger charge is 2.30. The maximum atomic E-state index is 13.4. The molecule has 4 aromatic rings. The van der Waals surface area contributed by atoms with Crippen molar-refractivity contribution in [2.45, 2.75) is 38.5 Å². The first kappa shape index (κ1) is 30.9. The second-order valence-electron chi connectivity index (χ2n) is 11.8. The summed E-state index contributed by atoms with van der Waals surface area (Å²) in [5.74, 6) is -0.514. The van der Waals surface area contributed by atoms with E-state index in [2.05, 4.69) is 25.6 Å². The number of benzene rings is 3. The molecule has 1 saturated heterocycles. The average molecular weight is 619 g/mol. The molecule has 0 spiro atoms. The second-order valence-corrected chi connectivity index (χ2v) is 11.8. The Morgan fingerprint density at radius 2 is 1.80 bits per heavy atom. The van der Waals surface area contributed by atoms with Crippen LogP contribution < -0.4 is 15.4 Å². The molecule has 2 amide bonds. The van der Waals surface area contributed by atoms with Crippen LogP contribution in [0.2, 0.25) is 0 Å². The van der Waals surface area contributed by atoms with E-state index in [0.717, 1.165) is 35.7 Å². The van der Waals surface area contributed by atoms with Gasteiger partial charge in [0.05, 0.1) is 18.0 Å². The molecule has 1 unspecified atom stereocenters. The van der Waals surface area contributed by atoms with Crippen LogP contribution in [-0.4, -0.2) is 64.7 Å². The zero-order valence-electron chi connectivity index (χ0n) is 26.2. The number of ketones is 1. The summed E-state index contributed by atoms with van der Waals surface area (Å²) < 4.78 is 7.43. The minimum Gasteiger partial charge on any atom is -0.494 e. The van der Waals surface area contributed by atoms with Crippen LogP contribution in [0, 0.1) is 6.92 Å². The molecule has 2 aliphatic rings. The molecule has 2 aliphatic heterocycles. The van der Waals surface area contributed by atoms with Crippen LogP contribution in [-0.2, 0) is 11.8 Å². The topological polar surface area (TPSA) is 118 Å². The molecule has 236 valence electrons. The number of carbonyl (C=O) groups is 3. The van der Waals surface area contributed by atoms with Crippen LogP contribution in [0.5, 0.6) is 5.75 Å². The lowest BCUT2D eigenvalue weighted by atomic mass is 9.97. The summed E-state index contributed by atoms with van der Waals surface area (Å²) in [7, 11) is 1.70. The highest BCUT2D eigenvalue weighted by atomic mass is 16.5. The molecule has 6 rings (SSSR count). The fraction of sp³-hybridized carbons (Fsp3) is 0.306. The Hall–Kier alpha value is -5.09. The largest absolute Gasteiger partial charge is 0.494 e. The minimum absolute atomic E-state index is 0.202. The quantitative estimate of drug-likeness (QED) is 0.123. The van der Waals surface area contributed by atoms with Crippen LogP contribution in [0.1, 0.15) is 69.3 Å². The molecule has 10 heteroatoms.